The molecule has 4 atom stereocenters. The molecule has 9 nitrogen and oxygen atoms in total. The zero-order valence-corrected chi connectivity index (χ0v) is 34.6. The largest absolute Gasteiger partial charge is 0.317 e. The van der Waals surface area contributed by atoms with Crippen LogP contribution in [0.5, 0.6) is 0 Å². The van der Waals surface area contributed by atoms with Gasteiger partial charge in [0.05, 0.1) is 20.4 Å². The van der Waals surface area contributed by atoms with Gasteiger partial charge in [0.15, 0.2) is 0 Å². The molecule has 0 unspecified atom stereocenters. The average molecular weight is 787 g/mol. The Morgan fingerprint density at radius 3 is 1.74 bits per heavy atom. The second-order valence-electron chi connectivity index (χ2n) is 13.4. The predicted octanol–water partition coefficient (Wildman–Crippen LogP) is 10.1. The van der Waals surface area contributed by atoms with Crippen molar-refractivity contribution in [1.82, 2.24) is 20.2 Å². The van der Waals surface area contributed by atoms with Crippen LogP contribution in [0.25, 0.3) is 41.6 Å². The van der Waals surface area contributed by atoms with E-state index >= 15 is 0 Å². The van der Waals surface area contributed by atoms with E-state index in [2.05, 4.69) is 73.7 Å². The lowest BCUT2D eigenvalue weighted by molar-refractivity contribution is -0.115. The molecule has 0 saturated heterocycles. The van der Waals surface area contributed by atoms with Crippen molar-refractivity contribution in [1.29, 1.82) is 0 Å². The van der Waals surface area contributed by atoms with Gasteiger partial charge < -0.3 is 20.7 Å². The van der Waals surface area contributed by atoms with Gasteiger partial charge in [-0.15, -0.1) is 45.3 Å². The number of hydrogen-bond acceptors (Lipinski definition) is 11. The molecule has 8 rings (SSSR count). The molecule has 6 heterocycles. The summed E-state index contributed by atoms with van der Waals surface area (Å²) in [6.45, 7) is 16.8. The number of rotatable bonds is 5. The molecule has 278 valence electrons. The first kappa shape index (κ1) is 38.9. The van der Waals surface area contributed by atoms with E-state index in [9.17, 15) is 9.59 Å². The molecule has 0 radical (unpaired) electrons. The van der Waals surface area contributed by atoms with Gasteiger partial charge in [-0.05, 0) is 89.4 Å². The van der Waals surface area contributed by atoms with Crippen molar-refractivity contribution in [3.63, 3.8) is 0 Å². The third kappa shape index (κ3) is 8.15. The zero-order valence-electron chi connectivity index (χ0n) is 31.3. The van der Waals surface area contributed by atoms with E-state index in [0.29, 0.717) is 24.2 Å². The SMILES string of the molecule is CC(=O)Nc1sc2c(c1-c1nc3ccccc3s1)C[C@@H](C)N[C@H]2C.CC=O.CCN1[C@H](C)Cc2c(sc(NC(C)=O)c2-c2nc3ccccc3s2)[C@@H]1C. The minimum Gasteiger partial charge on any atom is -0.317 e. The van der Waals surface area contributed by atoms with Gasteiger partial charge in [0.25, 0.3) is 0 Å². The molecule has 3 N–H and O–H groups in total. The van der Waals surface area contributed by atoms with Gasteiger partial charge in [-0.2, -0.15) is 0 Å². The van der Waals surface area contributed by atoms with Crippen molar-refractivity contribution in [2.24, 2.45) is 0 Å². The fraction of sp³-hybridized carbons (Fsp3) is 0.375. The van der Waals surface area contributed by atoms with Crippen LogP contribution in [-0.2, 0) is 27.2 Å². The van der Waals surface area contributed by atoms with Gasteiger partial charge in [-0.1, -0.05) is 31.2 Å². The molecule has 53 heavy (non-hydrogen) atoms. The van der Waals surface area contributed by atoms with Crippen LogP contribution in [0.3, 0.4) is 0 Å². The molecule has 0 saturated carbocycles. The number of thiazole rings is 2. The number of fused-ring (bicyclic) bond motifs is 4. The number of hydrogen-bond donors (Lipinski definition) is 3. The Balaban J connectivity index is 0.000000169. The summed E-state index contributed by atoms with van der Waals surface area (Å²) in [5.74, 6) is -0.0661. The zero-order chi connectivity index (χ0) is 38.0. The first-order chi connectivity index (χ1) is 25.4. The molecule has 2 aromatic carbocycles. The Morgan fingerprint density at radius 1 is 0.792 bits per heavy atom. The number of likely N-dealkylation sites (N-methyl/N-ethyl adjacent to an activating group) is 1. The van der Waals surface area contributed by atoms with Crippen LogP contribution >= 0.6 is 45.3 Å². The summed E-state index contributed by atoms with van der Waals surface area (Å²) in [5.41, 5.74) is 6.99. The number of para-hydroxylation sites is 2. The van der Waals surface area contributed by atoms with Crippen LogP contribution in [0.15, 0.2) is 48.5 Å². The number of anilines is 2. The van der Waals surface area contributed by atoms with E-state index in [0.717, 1.165) is 67.9 Å². The smallest absolute Gasteiger partial charge is 0.221 e. The minimum absolute atomic E-state index is 0.0287. The lowest BCUT2D eigenvalue weighted by Crippen LogP contribution is -2.40. The number of nitrogens with one attached hydrogen (secondary N) is 3. The van der Waals surface area contributed by atoms with Gasteiger partial charge in [-0.3, -0.25) is 14.5 Å². The second kappa shape index (κ2) is 16.7. The van der Waals surface area contributed by atoms with Crippen molar-refractivity contribution in [3.8, 4) is 21.1 Å². The van der Waals surface area contributed by atoms with Crippen molar-refractivity contribution in [3.05, 3.63) is 69.4 Å². The molecule has 0 fully saturated rings. The number of carbonyl (C=O) groups is 3. The maximum Gasteiger partial charge on any atom is 0.221 e. The molecular formula is C40H46N6O3S4. The quantitative estimate of drug-likeness (QED) is 0.149. The molecule has 0 spiro atoms. The Hall–Kier alpha value is -3.85. The van der Waals surface area contributed by atoms with Gasteiger partial charge in [-0.25, -0.2) is 9.97 Å². The topological polar surface area (TPSA) is 116 Å². The van der Waals surface area contributed by atoms with Crippen LogP contribution in [-0.4, -0.2) is 51.6 Å². The fourth-order valence-electron chi connectivity index (χ4n) is 7.36. The first-order valence-corrected chi connectivity index (χ1v) is 21.2. The number of carbonyl (C=O) groups excluding carboxylic acids is 3. The van der Waals surface area contributed by atoms with Crippen molar-refractivity contribution >= 4 is 93.9 Å². The second-order valence-corrected chi connectivity index (χ2v) is 17.6. The maximum absolute atomic E-state index is 11.8. The van der Waals surface area contributed by atoms with Crippen molar-refractivity contribution < 1.29 is 14.4 Å². The van der Waals surface area contributed by atoms with Crippen LogP contribution in [0.2, 0.25) is 0 Å². The molecule has 0 aliphatic carbocycles. The van der Waals surface area contributed by atoms with Gasteiger partial charge in [0, 0.05) is 58.9 Å². The number of nitrogens with zero attached hydrogens (tertiary/aromatic N) is 3. The summed E-state index contributed by atoms with van der Waals surface area (Å²) in [4.78, 5) is 47.2. The summed E-state index contributed by atoms with van der Waals surface area (Å²) < 4.78 is 2.36. The summed E-state index contributed by atoms with van der Waals surface area (Å²) >= 11 is 6.80. The van der Waals surface area contributed by atoms with E-state index in [1.54, 1.807) is 59.2 Å². The predicted molar refractivity (Wildman–Crippen MR) is 225 cm³/mol. The molecule has 13 heteroatoms. The molecule has 2 aliphatic rings. The van der Waals surface area contributed by atoms with Crippen LogP contribution in [0.1, 0.15) is 88.4 Å². The van der Waals surface area contributed by atoms with E-state index in [4.69, 9.17) is 14.8 Å². The van der Waals surface area contributed by atoms with E-state index in [-0.39, 0.29) is 11.8 Å². The van der Waals surface area contributed by atoms with E-state index in [1.807, 2.05) is 30.3 Å². The number of thiophene rings is 2. The van der Waals surface area contributed by atoms with Crippen LogP contribution in [0, 0.1) is 0 Å². The Kier molecular flexibility index (Phi) is 12.2. The van der Waals surface area contributed by atoms with Crippen molar-refractivity contribution in [2.45, 2.75) is 92.4 Å². The van der Waals surface area contributed by atoms with E-state index < -0.39 is 0 Å². The maximum atomic E-state index is 11.8. The average Bonchev–Trinajstić information content (AvgIpc) is 3.87. The summed E-state index contributed by atoms with van der Waals surface area (Å²) in [7, 11) is 0. The van der Waals surface area contributed by atoms with E-state index in [1.165, 1.54) is 37.2 Å². The Bertz CT molecular complexity index is 2200. The van der Waals surface area contributed by atoms with Gasteiger partial charge in [0.2, 0.25) is 11.8 Å². The highest BCUT2D eigenvalue weighted by molar-refractivity contribution is 7.23. The van der Waals surface area contributed by atoms with Gasteiger partial charge >= 0.3 is 0 Å². The molecule has 2 amide bonds. The van der Waals surface area contributed by atoms with Crippen LogP contribution < -0.4 is 16.0 Å². The van der Waals surface area contributed by atoms with Crippen molar-refractivity contribution in [2.75, 3.05) is 17.2 Å². The molecule has 6 aromatic rings. The molecule has 4 aromatic heterocycles. The third-order valence-electron chi connectivity index (χ3n) is 9.42. The normalized spacial score (nSPS) is 19.3. The number of benzene rings is 2. The number of amides is 2. The number of aldehydes is 1. The first-order valence-electron chi connectivity index (χ1n) is 17.9. The third-order valence-corrected chi connectivity index (χ3v) is 14.2. The monoisotopic (exact) mass is 786 g/mol. The summed E-state index contributed by atoms with van der Waals surface area (Å²) in [5, 5.41) is 13.6. The number of aromatic nitrogens is 2. The highest BCUT2D eigenvalue weighted by atomic mass is 32.1. The molecule has 0 bridgehead atoms. The Morgan fingerprint density at radius 2 is 1.26 bits per heavy atom. The summed E-state index contributed by atoms with van der Waals surface area (Å²) in [6.07, 6.45) is 2.70. The standard InChI is InChI=1S/C20H23N3OS2.C18H19N3OS2.C2H4O/c1-5-23-11(2)10-14-17(19(21-13(4)24)26-18(14)12(23)3)20-22-15-8-6-7-9-16(15)25-20;1-9-8-12-15(18-21-13-6-4-5-7-14(13)23-18)17(20-11(3)22)24-16(12)10(2)19-9;1-2-3/h6-9,11-12H,5,10H2,1-4H3,(H,21,24);4-7,9-10,19H,8H2,1-3H3,(H,20,22);2H,1H3/t11-,12+;9-,10+;/m11./s1. The fourth-order valence-corrected chi connectivity index (χ4v) is 12.2. The Labute approximate surface area is 326 Å². The summed E-state index contributed by atoms with van der Waals surface area (Å²) in [6, 6.07) is 18.0. The van der Waals surface area contributed by atoms with Crippen LogP contribution in [0.4, 0.5) is 10.0 Å². The molecular weight excluding hydrogens is 741 g/mol. The molecule has 2 aliphatic heterocycles. The lowest BCUT2D eigenvalue weighted by atomic mass is 9.93. The highest BCUT2D eigenvalue weighted by Gasteiger charge is 2.35. The van der Waals surface area contributed by atoms with Gasteiger partial charge in [0.1, 0.15) is 26.3 Å². The highest BCUT2D eigenvalue weighted by Crippen LogP contribution is 2.50. The minimum atomic E-state index is -0.0374. The lowest BCUT2D eigenvalue weighted by Gasteiger charge is -2.38.